The summed E-state index contributed by atoms with van der Waals surface area (Å²) in [4.78, 5) is 6.80. The second-order valence-electron chi connectivity index (χ2n) is 6.41. The predicted molar refractivity (Wildman–Crippen MR) is 90.3 cm³/mol. The third kappa shape index (κ3) is 4.23. The van der Waals surface area contributed by atoms with E-state index < -0.39 is 0 Å². The van der Waals surface area contributed by atoms with E-state index in [1.54, 1.807) is 0 Å². The molecule has 1 heterocycles. The fraction of sp³-hybridized carbons (Fsp3) is 0.611. The van der Waals surface area contributed by atoms with Gasteiger partial charge in [0.1, 0.15) is 0 Å². The van der Waals surface area contributed by atoms with Gasteiger partial charge in [-0.05, 0) is 18.9 Å². The molecule has 2 rings (SSSR count). The summed E-state index contributed by atoms with van der Waals surface area (Å²) < 4.78 is 0. The van der Waals surface area contributed by atoms with Gasteiger partial charge < -0.3 is 10.6 Å². The lowest BCUT2D eigenvalue weighted by Gasteiger charge is -2.36. The van der Waals surface area contributed by atoms with Gasteiger partial charge in [-0.2, -0.15) is 0 Å². The van der Waals surface area contributed by atoms with Crippen molar-refractivity contribution in [3.8, 4) is 0 Å². The molecule has 1 atom stereocenters. The van der Waals surface area contributed by atoms with Gasteiger partial charge in [0.05, 0.1) is 12.1 Å². The second kappa shape index (κ2) is 7.48. The number of hydrogen-bond donors (Lipinski definition) is 1. The van der Waals surface area contributed by atoms with Crippen molar-refractivity contribution >= 4 is 5.96 Å². The molecule has 21 heavy (non-hydrogen) atoms. The van der Waals surface area contributed by atoms with Gasteiger partial charge in [0.25, 0.3) is 0 Å². The van der Waals surface area contributed by atoms with Crippen LogP contribution in [0.3, 0.4) is 0 Å². The van der Waals surface area contributed by atoms with Crippen LogP contribution in [-0.4, -0.2) is 22.9 Å². The number of guanidine groups is 1. The summed E-state index contributed by atoms with van der Waals surface area (Å²) in [5.41, 5.74) is 7.52. The van der Waals surface area contributed by atoms with Crippen LogP contribution in [0.25, 0.3) is 0 Å². The Morgan fingerprint density at radius 3 is 2.57 bits per heavy atom. The van der Waals surface area contributed by atoms with Crippen molar-refractivity contribution in [2.45, 2.75) is 64.5 Å². The standard InChI is InChI=1S/C18H29N3/c1-3-4-5-6-10-13-18(2)15-20-17(19)21(18)14-16-11-8-7-9-12-16/h7-9,11-12H,3-6,10,13-15H2,1-2H3,(H2,19,20). The molecule has 1 aromatic rings. The smallest absolute Gasteiger partial charge is 0.192 e. The van der Waals surface area contributed by atoms with Crippen molar-refractivity contribution in [1.82, 2.24) is 4.90 Å². The Bertz CT molecular complexity index is 455. The van der Waals surface area contributed by atoms with Crippen molar-refractivity contribution in [3.05, 3.63) is 35.9 Å². The maximum atomic E-state index is 6.13. The lowest BCUT2D eigenvalue weighted by Crippen LogP contribution is -2.48. The minimum atomic E-state index is 0.0894. The number of aliphatic imine (C=N–C) groups is 1. The van der Waals surface area contributed by atoms with Crippen LogP contribution in [-0.2, 0) is 6.54 Å². The minimum Gasteiger partial charge on any atom is -0.370 e. The first-order valence-corrected chi connectivity index (χ1v) is 8.27. The van der Waals surface area contributed by atoms with Gasteiger partial charge in [0.2, 0.25) is 0 Å². The topological polar surface area (TPSA) is 41.6 Å². The van der Waals surface area contributed by atoms with Gasteiger partial charge in [-0.3, -0.25) is 4.99 Å². The molecule has 0 saturated carbocycles. The summed E-state index contributed by atoms with van der Waals surface area (Å²) >= 11 is 0. The Morgan fingerprint density at radius 2 is 1.86 bits per heavy atom. The second-order valence-corrected chi connectivity index (χ2v) is 6.41. The van der Waals surface area contributed by atoms with Crippen molar-refractivity contribution < 1.29 is 0 Å². The summed E-state index contributed by atoms with van der Waals surface area (Å²) in [5, 5.41) is 0. The quantitative estimate of drug-likeness (QED) is 0.736. The summed E-state index contributed by atoms with van der Waals surface area (Å²) in [6, 6.07) is 10.5. The molecule has 3 nitrogen and oxygen atoms in total. The number of nitrogens with zero attached hydrogens (tertiary/aromatic N) is 2. The van der Waals surface area contributed by atoms with E-state index >= 15 is 0 Å². The average molecular weight is 287 g/mol. The Kier molecular flexibility index (Phi) is 5.66. The molecule has 0 aromatic heterocycles. The van der Waals surface area contributed by atoms with Gasteiger partial charge in [-0.25, -0.2) is 0 Å². The largest absolute Gasteiger partial charge is 0.370 e. The van der Waals surface area contributed by atoms with E-state index in [1.165, 1.54) is 44.1 Å². The first-order chi connectivity index (χ1) is 10.2. The number of benzene rings is 1. The molecule has 0 bridgehead atoms. The molecular weight excluding hydrogens is 258 g/mol. The molecule has 1 aromatic carbocycles. The summed E-state index contributed by atoms with van der Waals surface area (Å²) in [6.07, 6.45) is 7.76. The fourth-order valence-corrected chi connectivity index (χ4v) is 3.06. The maximum absolute atomic E-state index is 6.13. The minimum absolute atomic E-state index is 0.0894. The Morgan fingerprint density at radius 1 is 1.14 bits per heavy atom. The monoisotopic (exact) mass is 287 g/mol. The molecule has 0 aliphatic carbocycles. The van der Waals surface area contributed by atoms with Gasteiger partial charge in [-0.1, -0.05) is 69.4 Å². The molecule has 0 fully saturated rings. The molecular formula is C18H29N3. The molecule has 1 aliphatic heterocycles. The first-order valence-electron chi connectivity index (χ1n) is 8.27. The third-order valence-electron chi connectivity index (χ3n) is 4.51. The van der Waals surface area contributed by atoms with Crippen LogP contribution in [0.4, 0.5) is 0 Å². The average Bonchev–Trinajstić information content (AvgIpc) is 2.77. The van der Waals surface area contributed by atoms with E-state index in [1.807, 2.05) is 0 Å². The number of unbranched alkanes of at least 4 members (excludes halogenated alkanes) is 4. The van der Waals surface area contributed by atoms with E-state index in [0.29, 0.717) is 5.96 Å². The summed E-state index contributed by atoms with van der Waals surface area (Å²) in [6.45, 7) is 6.26. The highest BCUT2D eigenvalue weighted by Gasteiger charge is 2.37. The molecule has 1 aliphatic rings. The van der Waals surface area contributed by atoms with Gasteiger partial charge in [-0.15, -0.1) is 0 Å². The predicted octanol–water partition coefficient (Wildman–Crippen LogP) is 3.94. The Balaban J connectivity index is 1.91. The summed E-state index contributed by atoms with van der Waals surface area (Å²) in [7, 11) is 0. The van der Waals surface area contributed by atoms with Crippen molar-refractivity contribution in [2.75, 3.05) is 6.54 Å². The molecule has 2 N–H and O–H groups in total. The number of rotatable bonds is 8. The van der Waals surface area contributed by atoms with E-state index in [9.17, 15) is 0 Å². The van der Waals surface area contributed by atoms with Gasteiger partial charge >= 0.3 is 0 Å². The Hall–Kier alpha value is -1.51. The normalized spacial score (nSPS) is 21.6. The van der Waals surface area contributed by atoms with Crippen LogP contribution < -0.4 is 5.73 Å². The van der Waals surface area contributed by atoms with Crippen molar-refractivity contribution in [1.29, 1.82) is 0 Å². The lowest BCUT2D eigenvalue weighted by atomic mass is 9.92. The maximum Gasteiger partial charge on any atom is 0.192 e. The molecule has 3 heteroatoms. The van der Waals surface area contributed by atoms with Crippen LogP contribution in [0, 0.1) is 0 Å². The number of hydrogen-bond acceptors (Lipinski definition) is 3. The highest BCUT2D eigenvalue weighted by Crippen LogP contribution is 2.29. The van der Waals surface area contributed by atoms with Crippen molar-refractivity contribution in [2.24, 2.45) is 10.7 Å². The molecule has 0 saturated heterocycles. The van der Waals surface area contributed by atoms with Crippen molar-refractivity contribution in [3.63, 3.8) is 0 Å². The first kappa shape index (κ1) is 15.9. The van der Waals surface area contributed by atoms with Crippen LogP contribution in [0.1, 0.15) is 57.9 Å². The molecule has 0 radical (unpaired) electrons. The Labute approximate surface area is 129 Å². The van der Waals surface area contributed by atoms with Gasteiger partial charge in [0, 0.05) is 6.54 Å². The van der Waals surface area contributed by atoms with E-state index in [4.69, 9.17) is 5.73 Å². The summed E-state index contributed by atoms with van der Waals surface area (Å²) in [5.74, 6) is 0.704. The molecule has 0 amide bonds. The van der Waals surface area contributed by atoms with Gasteiger partial charge in [0.15, 0.2) is 5.96 Å². The highest BCUT2D eigenvalue weighted by atomic mass is 15.3. The third-order valence-corrected chi connectivity index (χ3v) is 4.51. The zero-order valence-electron chi connectivity index (χ0n) is 13.5. The van der Waals surface area contributed by atoms with Crippen LogP contribution in [0.5, 0.6) is 0 Å². The fourth-order valence-electron chi connectivity index (χ4n) is 3.06. The van der Waals surface area contributed by atoms with Crippen LogP contribution >= 0.6 is 0 Å². The number of nitrogens with two attached hydrogens (primary N) is 1. The highest BCUT2D eigenvalue weighted by molar-refractivity contribution is 5.80. The molecule has 0 spiro atoms. The van der Waals surface area contributed by atoms with Crippen LogP contribution in [0.15, 0.2) is 35.3 Å². The van der Waals surface area contributed by atoms with E-state index in [2.05, 4.69) is 54.1 Å². The SMILES string of the molecule is CCCCCCCC1(C)CN=C(N)N1Cc1ccccc1. The molecule has 1 unspecified atom stereocenters. The molecule has 116 valence electrons. The zero-order chi connectivity index (χ0) is 15.1. The van der Waals surface area contributed by atoms with E-state index in [-0.39, 0.29) is 5.54 Å². The van der Waals surface area contributed by atoms with E-state index in [0.717, 1.165) is 13.1 Å². The zero-order valence-corrected chi connectivity index (χ0v) is 13.5. The lowest BCUT2D eigenvalue weighted by molar-refractivity contribution is 0.195. The van der Waals surface area contributed by atoms with Crippen LogP contribution in [0.2, 0.25) is 0 Å².